The molecule has 12 heteroatoms. The fraction of sp³-hybridized carbons (Fsp3) is 0.353. The lowest BCUT2D eigenvalue weighted by molar-refractivity contribution is -0.125. The summed E-state index contributed by atoms with van der Waals surface area (Å²) in [6.07, 6.45) is 1.29. The first-order valence-electron chi connectivity index (χ1n) is 15.3. The number of alkyl carbamates (subject to hydrolysis) is 1. The van der Waals surface area contributed by atoms with E-state index in [2.05, 4.69) is 45.6 Å². The van der Waals surface area contributed by atoms with Crippen molar-refractivity contribution >= 4 is 33.4 Å². The second-order valence-corrected chi connectivity index (χ2v) is 12.3. The fourth-order valence-electron chi connectivity index (χ4n) is 5.82. The number of amides is 2. The van der Waals surface area contributed by atoms with E-state index >= 15 is 0 Å². The lowest BCUT2D eigenvalue weighted by Crippen LogP contribution is -2.35. The molecule has 46 heavy (non-hydrogen) atoms. The van der Waals surface area contributed by atoms with Crippen LogP contribution in [0.15, 0.2) is 60.5 Å². The molecule has 4 heterocycles. The molecule has 6 rings (SSSR count). The molecule has 240 valence electrons. The summed E-state index contributed by atoms with van der Waals surface area (Å²) in [7, 11) is 0. The van der Waals surface area contributed by atoms with E-state index < -0.39 is 11.9 Å². The molecule has 0 saturated carbocycles. The van der Waals surface area contributed by atoms with Gasteiger partial charge in [0.05, 0.1) is 24.5 Å². The van der Waals surface area contributed by atoms with E-state index in [4.69, 9.17) is 14.2 Å². The number of hydrogen-bond donors (Lipinski definition) is 2. The summed E-state index contributed by atoms with van der Waals surface area (Å²) < 4.78 is 32.3. The predicted molar refractivity (Wildman–Crippen MR) is 174 cm³/mol. The van der Waals surface area contributed by atoms with E-state index in [-0.39, 0.29) is 44.3 Å². The third-order valence-electron chi connectivity index (χ3n) is 8.24. The molecule has 2 atom stereocenters. The van der Waals surface area contributed by atoms with Crippen molar-refractivity contribution in [2.45, 2.75) is 26.0 Å². The number of carbonyl (C=O) groups is 2. The molecule has 1 saturated heterocycles. The third kappa shape index (κ3) is 7.04. The van der Waals surface area contributed by atoms with Crippen molar-refractivity contribution in [2.75, 3.05) is 46.0 Å². The quantitative estimate of drug-likeness (QED) is 0.174. The average Bonchev–Trinajstić information content (AvgIpc) is 3.70. The summed E-state index contributed by atoms with van der Waals surface area (Å²) in [5, 5.41) is 18.3. The van der Waals surface area contributed by atoms with E-state index in [1.165, 1.54) is 29.3 Å². The van der Waals surface area contributed by atoms with Gasteiger partial charge in [0.25, 0.3) is 0 Å². The minimum atomic E-state index is -0.565. The SMILES string of the molecule is C=CC(=O)N1CC(OC(=O)NCCOCCOc2cc(F)ccc2-c2nnc(-c3ccc4c(c3)CCNC4)c3ccsc23)[C@@H](C)C1. The zero-order valence-electron chi connectivity index (χ0n) is 25.6. The highest BCUT2D eigenvalue weighted by Crippen LogP contribution is 2.39. The number of carbonyl (C=O) groups excluding carboxylic acids is 2. The maximum absolute atomic E-state index is 14.3. The highest BCUT2D eigenvalue weighted by molar-refractivity contribution is 7.17. The van der Waals surface area contributed by atoms with Crippen LogP contribution < -0.4 is 15.4 Å². The summed E-state index contributed by atoms with van der Waals surface area (Å²) in [5.74, 6) is -0.226. The molecular weight excluding hydrogens is 609 g/mol. The van der Waals surface area contributed by atoms with E-state index in [1.807, 2.05) is 18.4 Å². The van der Waals surface area contributed by atoms with Crippen molar-refractivity contribution in [3.63, 3.8) is 0 Å². The van der Waals surface area contributed by atoms with Gasteiger partial charge in [-0.15, -0.1) is 21.5 Å². The Labute approximate surface area is 270 Å². The first kappa shape index (κ1) is 31.6. The molecule has 2 amide bonds. The second kappa shape index (κ2) is 14.4. The lowest BCUT2D eigenvalue weighted by atomic mass is 9.96. The number of rotatable bonds is 11. The van der Waals surface area contributed by atoms with Crippen LogP contribution in [0.2, 0.25) is 0 Å². The topological polar surface area (TPSA) is 115 Å². The van der Waals surface area contributed by atoms with Gasteiger partial charge in [0.2, 0.25) is 5.91 Å². The van der Waals surface area contributed by atoms with Gasteiger partial charge in [-0.3, -0.25) is 4.79 Å². The Morgan fingerprint density at radius 1 is 1.11 bits per heavy atom. The van der Waals surface area contributed by atoms with Gasteiger partial charge in [-0.1, -0.05) is 25.6 Å². The summed E-state index contributed by atoms with van der Waals surface area (Å²) in [4.78, 5) is 25.7. The molecule has 2 aromatic carbocycles. The summed E-state index contributed by atoms with van der Waals surface area (Å²) in [5.41, 5.74) is 5.75. The van der Waals surface area contributed by atoms with Crippen LogP contribution in [0, 0.1) is 11.7 Å². The predicted octanol–water partition coefficient (Wildman–Crippen LogP) is 4.96. The molecule has 2 aromatic heterocycles. The minimum absolute atomic E-state index is 0.0302. The number of aromatic nitrogens is 2. The Morgan fingerprint density at radius 3 is 2.85 bits per heavy atom. The van der Waals surface area contributed by atoms with Crippen LogP contribution in [0.3, 0.4) is 0 Å². The Morgan fingerprint density at radius 2 is 1.98 bits per heavy atom. The Hall–Kier alpha value is -4.39. The van der Waals surface area contributed by atoms with Crippen molar-refractivity contribution < 1.29 is 28.2 Å². The molecule has 2 aliphatic heterocycles. The Kier molecular flexibility index (Phi) is 9.86. The van der Waals surface area contributed by atoms with Gasteiger partial charge in [0, 0.05) is 48.1 Å². The number of benzene rings is 2. The summed E-state index contributed by atoms with van der Waals surface area (Å²) in [6, 6.07) is 12.9. The van der Waals surface area contributed by atoms with Crippen molar-refractivity contribution in [2.24, 2.45) is 5.92 Å². The largest absolute Gasteiger partial charge is 0.490 e. The van der Waals surface area contributed by atoms with Gasteiger partial charge in [0.1, 0.15) is 35.7 Å². The summed E-state index contributed by atoms with van der Waals surface area (Å²) in [6.45, 7) is 8.98. The fourth-order valence-corrected chi connectivity index (χ4v) is 6.71. The molecule has 0 aliphatic carbocycles. The van der Waals surface area contributed by atoms with Gasteiger partial charge in [-0.2, -0.15) is 0 Å². The van der Waals surface area contributed by atoms with Gasteiger partial charge < -0.3 is 29.7 Å². The first-order valence-corrected chi connectivity index (χ1v) is 16.2. The number of nitrogens with zero attached hydrogens (tertiary/aromatic N) is 3. The van der Waals surface area contributed by atoms with E-state index in [0.29, 0.717) is 30.1 Å². The molecule has 0 bridgehead atoms. The van der Waals surface area contributed by atoms with Crippen LogP contribution in [-0.2, 0) is 27.2 Å². The molecule has 0 radical (unpaired) electrons. The molecule has 4 aromatic rings. The number of halogens is 1. The molecule has 2 N–H and O–H groups in total. The molecule has 10 nitrogen and oxygen atoms in total. The first-order chi connectivity index (χ1) is 22.4. The van der Waals surface area contributed by atoms with E-state index in [1.54, 1.807) is 22.3 Å². The standard InChI is InChI=1S/C34H36FN5O5S/c1-3-30(41)40-19-21(2)29(20-40)45-34(42)37-11-12-43-13-14-44-28-17-25(35)6-7-26(28)32-33-27(9-15-46-33)31(38-39-32)23-4-5-24-18-36-10-8-22(24)16-23/h3-7,9,15-17,21,29,36H,1,8,10-14,18-20H2,2H3,(H,37,42)/t21-,29?/m0/s1. The van der Waals surface area contributed by atoms with Crippen molar-refractivity contribution in [3.05, 3.63) is 77.4 Å². The molecular formula is C34H36FN5O5S. The second-order valence-electron chi connectivity index (χ2n) is 11.4. The van der Waals surface area contributed by atoms with Gasteiger partial charge in [0.15, 0.2) is 0 Å². The minimum Gasteiger partial charge on any atom is -0.490 e. The highest BCUT2D eigenvalue weighted by atomic mass is 32.1. The van der Waals surface area contributed by atoms with Crippen molar-refractivity contribution in [1.29, 1.82) is 0 Å². The zero-order chi connectivity index (χ0) is 32.0. The van der Waals surface area contributed by atoms with Crippen LogP contribution >= 0.6 is 11.3 Å². The van der Waals surface area contributed by atoms with Crippen LogP contribution in [0.5, 0.6) is 5.75 Å². The van der Waals surface area contributed by atoms with Crippen LogP contribution in [0.1, 0.15) is 18.1 Å². The number of nitrogens with one attached hydrogen (secondary N) is 2. The Bertz CT molecular complexity index is 1750. The van der Waals surface area contributed by atoms with Crippen LogP contribution in [0.25, 0.3) is 32.6 Å². The zero-order valence-corrected chi connectivity index (χ0v) is 26.4. The molecule has 0 spiro atoms. The smallest absolute Gasteiger partial charge is 0.407 e. The summed E-state index contributed by atoms with van der Waals surface area (Å²) >= 11 is 1.56. The van der Waals surface area contributed by atoms with Crippen molar-refractivity contribution in [1.82, 2.24) is 25.7 Å². The van der Waals surface area contributed by atoms with Crippen LogP contribution in [-0.4, -0.2) is 79.2 Å². The molecule has 1 unspecified atom stereocenters. The number of fused-ring (bicyclic) bond motifs is 2. The van der Waals surface area contributed by atoms with Crippen molar-refractivity contribution in [3.8, 4) is 28.3 Å². The third-order valence-corrected chi connectivity index (χ3v) is 9.16. The van der Waals surface area contributed by atoms with Crippen LogP contribution in [0.4, 0.5) is 9.18 Å². The van der Waals surface area contributed by atoms with Gasteiger partial charge in [-0.25, -0.2) is 9.18 Å². The maximum Gasteiger partial charge on any atom is 0.407 e. The number of ether oxygens (including phenoxy) is 3. The van der Waals surface area contributed by atoms with E-state index in [0.717, 1.165) is 40.9 Å². The Balaban J connectivity index is 1.03. The number of likely N-dealkylation sites (tertiary alicyclic amines) is 1. The normalized spacial score (nSPS) is 17.5. The lowest BCUT2D eigenvalue weighted by Gasteiger charge is -2.18. The number of hydrogen-bond acceptors (Lipinski definition) is 9. The molecule has 1 fully saturated rings. The maximum atomic E-state index is 14.3. The van der Waals surface area contributed by atoms with Gasteiger partial charge in [-0.05, 0) is 59.8 Å². The van der Waals surface area contributed by atoms with Gasteiger partial charge >= 0.3 is 6.09 Å². The van der Waals surface area contributed by atoms with E-state index in [9.17, 15) is 14.0 Å². The molecule has 2 aliphatic rings. The monoisotopic (exact) mass is 645 g/mol. The average molecular weight is 646 g/mol. The number of thiophene rings is 1. The highest BCUT2D eigenvalue weighted by Gasteiger charge is 2.34.